The smallest absolute Gasteiger partial charge is 0.339 e. The molecule has 2 rings (SSSR count). The van der Waals surface area contributed by atoms with E-state index in [0.717, 1.165) is 24.8 Å². The lowest BCUT2D eigenvalue weighted by Crippen LogP contribution is -2.24. The first kappa shape index (κ1) is 19.2. The zero-order valence-corrected chi connectivity index (χ0v) is 14.4. The maximum absolute atomic E-state index is 12.0. The zero-order chi connectivity index (χ0) is 19.1. The summed E-state index contributed by atoms with van der Waals surface area (Å²) in [6.45, 7) is 2.18. The van der Waals surface area contributed by atoms with E-state index in [9.17, 15) is 19.7 Å². The number of carboxylic acid groups (broad SMARTS) is 1. The summed E-state index contributed by atoms with van der Waals surface area (Å²) in [5.74, 6) is -1.29. The fraction of sp³-hybridized carbons (Fsp3) is 0.333. The van der Waals surface area contributed by atoms with Crippen molar-refractivity contribution in [3.8, 4) is 0 Å². The van der Waals surface area contributed by atoms with Crippen LogP contribution in [0, 0.1) is 10.1 Å². The maximum Gasteiger partial charge on any atom is 0.339 e. The lowest BCUT2D eigenvalue weighted by atomic mass is 10.1. The van der Waals surface area contributed by atoms with Gasteiger partial charge in [-0.3, -0.25) is 14.9 Å². The maximum atomic E-state index is 12.0. The Morgan fingerprint density at radius 2 is 1.92 bits per heavy atom. The van der Waals surface area contributed by atoms with Crippen LogP contribution in [0.2, 0.25) is 0 Å². The average Bonchev–Trinajstić information content (AvgIpc) is 3.06. The Balaban J connectivity index is 1.76. The number of nitro benzene ring substituents is 1. The summed E-state index contributed by atoms with van der Waals surface area (Å²) >= 11 is 0. The highest BCUT2D eigenvalue weighted by molar-refractivity contribution is 5.96. The van der Waals surface area contributed by atoms with Crippen LogP contribution in [0.1, 0.15) is 52.0 Å². The Kier molecular flexibility index (Phi) is 6.48. The molecular formula is C18H20N2O6. The summed E-state index contributed by atoms with van der Waals surface area (Å²) in [5, 5.41) is 22.4. The molecule has 0 saturated heterocycles. The molecule has 0 bridgehead atoms. The molecule has 0 spiro atoms. The monoisotopic (exact) mass is 360 g/mol. The number of aromatic carboxylic acids is 1. The molecule has 0 radical (unpaired) electrons. The van der Waals surface area contributed by atoms with E-state index >= 15 is 0 Å². The topological polar surface area (TPSA) is 123 Å². The molecule has 0 fully saturated rings. The molecule has 2 N–H and O–H groups in total. The van der Waals surface area contributed by atoms with Crippen molar-refractivity contribution in [2.45, 2.75) is 32.6 Å². The van der Waals surface area contributed by atoms with Crippen LogP contribution in [0.15, 0.2) is 34.7 Å². The number of non-ortho nitro benzene ring substituents is 1. The average molecular weight is 360 g/mol. The van der Waals surface area contributed by atoms with Crippen molar-refractivity contribution in [3.63, 3.8) is 0 Å². The lowest BCUT2D eigenvalue weighted by Gasteiger charge is -2.04. The van der Waals surface area contributed by atoms with E-state index in [1.54, 1.807) is 19.1 Å². The van der Waals surface area contributed by atoms with Crippen molar-refractivity contribution in [2.24, 2.45) is 0 Å². The SMILES string of the molecule is CCc1oc(C(=O)NCCCCc2ccc([N+](=O)[O-])cc2)cc1C(=O)O. The van der Waals surface area contributed by atoms with Crippen LogP contribution in [0.4, 0.5) is 5.69 Å². The first-order chi connectivity index (χ1) is 12.4. The van der Waals surface area contributed by atoms with Gasteiger partial charge >= 0.3 is 5.97 Å². The Morgan fingerprint density at radius 1 is 1.23 bits per heavy atom. The second-order valence-corrected chi connectivity index (χ2v) is 5.74. The Labute approximate surface area is 150 Å². The predicted molar refractivity (Wildman–Crippen MR) is 93.4 cm³/mol. The minimum Gasteiger partial charge on any atom is -0.478 e. The van der Waals surface area contributed by atoms with Crippen molar-refractivity contribution in [1.82, 2.24) is 5.32 Å². The number of unbranched alkanes of at least 4 members (excludes halogenated alkanes) is 1. The number of nitro groups is 1. The standard InChI is InChI=1S/C18H20N2O6/c1-2-15-14(18(22)23)11-16(26-15)17(21)19-10-4-3-5-12-6-8-13(9-7-12)20(24)25/h6-9,11H,2-5,10H2,1H3,(H,19,21)(H,22,23). The highest BCUT2D eigenvalue weighted by Crippen LogP contribution is 2.17. The predicted octanol–water partition coefficient (Wildman–Crippen LogP) is 3.20. The largest absolute Gasteiger partial charge is 0.478 e. The molecule has 0 atom stereocenters. The quantitative estimate of drug-likeness (QED) is 0.402. The van der Waals surface area contributed by atoms with Crippen molar-refractivity contribution in [3.05, 3.63) is 63.1 Å². The summed E-state index contributed by atoms with van der Waals surface area (Å²) in [6.07, 6.45) is 2.66. The lowest BCUT2D eigenvalue weighted by molar-refractivity contribution is -0.384. The van der Waals surface area contributed by atoms with Gasteiger partial charge in [0.1, 0.15) is 11.3 Å². The molecule has 1 aromatic carbocycles. The fourth-order valence-electron chi connectivity index (χ4n) is 2.51. The van der Waals surface area contributed by atoms with Crippen LogP contribution >= 0.6 is 0 Å². The van der Waals surface area contributed by atoms with Crippen molar-refractivity contribution >= 4 is 17.6 Å². The van der Waals surface area contributed by atoms with E-state index in [1.165, 1.54) is 18.2 Å². The van der Waals surface area contributed by atoms with Crippen LogP contribution in [-0.2, 0) is 12.8 Å². The van der Waals surface area contributed by atoms with E-state index < -0.39 is 16.8 Å². The Morgan fingerprint density at radius 3 is 2.46 bits per heavy atom. The molecule has 0 aliphatic rings. The Bertz CT molecular complexity index is 795. The first-order valence-electron chi connectivity index (χ1n) is 8.30. The van der Waals surface area contributed by atoms with Gasteiger partial charge in [0, 0.05) is 31.2 Å². The third-order valence-corrected chi connectivity index (χ3v) is 3.91. The molecule has 0 saturated carbocycles. The molecule has 0 aliphatic heterocycles. The van der Waals surface area contributed by atoms with Crippen LogP contribution in [0.25, 0.3) is 0 Å². The number of hydrogen-bond donors (Lipinski definition) is 2. The third-order valence-electron chi connectivity index (χ3n) is 3.91. The minimum absolute atomic E-state index is 0.00498. The van der Waals surface area contributed by atoms with Gasteiger partial charge in [-0.15, -0.1) is 0 Å². The van der Waals surface area contributed by atoms with Crippen LogP contribution in [0.5, 0.6) is 0 Å². The van der Waals surface area contributed by atoms with Crippen LogP contribution < -0.4 is 5.32 Å². The van der Waals surface area contributed by atoms with Gasteiger partial charge in [-0.25, -0.2) is 4.79 Å². The number of furan rings is 1. The highest BCUT2D eigenvalue weighted by atomic mass is 16.6. The van der Waals surface area contributed by atoms with E-state index in [4.69, 9.17) is 9.52 Å². The van der Waals surface area contributed by atoms with E-state index in [-0.39, 0.29) is 22.8 Å². The number of carbonyl (C=O) groups excluding carboxylic acids is 1. The van der Waals surface area contributed by atoms with Crippen LogP contribution in [0.3, 0.4) is 0 Å². The van der Waals surface area contributed by atoms with Gasteiger partial charge in [0.15, 0.2) is 5.76 Å². The third kappa shape index (κ3) is 4.92. The normalized spacial score (nSPS) is 10.5. The van der Waals surface area contributed by atoms with E-state index in [2.05, 4.69) is 5.32 Å². The van der Waals surface area contributed by atoms with E-state index in [0.29, 0.717) is 13.0 Å². The summed E-state index contributed by atoms with van der Waals surface area (Å²) in [7, 11) is 0. The van der Waals surface area contributed by atoms with Crippen molar-refractivity contribution in [2.75, 3.05) is 6.54 Å². The molecule has 8 heteroatoms. The van der Waals surface area contributed by atoms with E-state index in [1.807, 2.05) is 0 Å². The number of rotatable bonds is 9. The molecule has 1 aromatic heterocycles. The number of hydrogen-bond acceptors (Lipinski definition) is 5. The molecule has 0 unspecified atom stereocenters. The second kappa shape index (κ2) is 8.80. The van der Waals surface area contributed by atoms with Crippen LogP contribution in [-0.4, -0.2) is 28.5 Å². The number of benzene rings is 1. The summed E-state index contributed by atoms with van der Waals surface area (Å²) < 4.78 is 5.30. The summed E-state index contributed by atoms with van der Waals surface area (Å²) in [5.41, 5.74) is 1.06. The number of aryl methyl sites for hydroxylation is 2. The van der Waals surface area contributed by atoms with Gasteiger partial charge in [-0.1, -0.05) is 19.1 Å². The molecular weight excluding hydrogens is 340 g/mol. The van der Waals surface area contributed by atoms with Gasteiger partial charge in [0.05, 0.1) is 4.92 Å². The van der Waals surface area contributed by atoms with Crippen molar-refractivity contribution in [1.29, 1.82) is 0 Å². The van der Waals surface area contributed by atoms with Gasteiger partial charge in [-0.2, -0.15) is 0 Å². The molecule has 8 nitrogen and oxygen atoms in total. The molecule has 138 valence electrons. The summed E-state index contributed by atoms with van der Waals surface area (Å²) in [4.78, 5) is 33.3. The number of nitrogens with zero attached hydrogens (tertiary/aromatic N) is 1. The van der Waals surface area contributed by atoms with Gasteiger partial charge in [-0.05, 0) is 24.8 Å². The first-order valence-corrected chi connectivity index (χ1v) is 8.30. The number of amides is 1. The summed E-state index contributed by atoms with van der Waals surface area (Å²) in [6, 6.07) is 7.63. The number of nitrogens with one attached hydrogen (secondary N) is 1. The van der Waals surface area contributed by atoms with Crippen molar-refractivity contribution < 1.29 is 24.0 Å². The molecule has 1 heterocycles. The number of carbonyl (C=O) groups is 2. The van der Waals surface area contributed by atoms with Gasteiger partial charge in [0.25, 0.3) is 11.6 Å². The minimum atomic E-state index is -1.12. The molecule has 2 aromatic rings. The highest BCUT2D eigenvalue weighted by Gasteiger charge is 2.19. The fourth-order valence-corrected chi connectivity index (χ4v) is 2.51. The second-order valence-electron chi connectivity index (χ2n) is 5.74. The molecule has 1 amide bonds. The zero-order valence-electron chi connectivity index (χ0n) is 14.4. The Hall–Kier alpha value is -3.16. The molecule has 0 aliphatic carbocycles. The molecule has 26 heavy (non-hydrogen) atoms. The van der Waals surface area contributed by atoms with Gasteiger partial charge in [0.2, 0.25) is 0 Å². The van der Waals surface area contributed by atoms with Gasteiger partial charge < -0.3 is 14.8 Å². The number of carboxylic acids is 1.